The molecule has 2 unspecified atom stereocenters. The monoisotopic (exact) mass is 359 g/mol. The standard InChI is InChI=1S/C15H19BrFNO3/c1-9(15(20)21)4-3-5-10(2)18-14(19)12-7-6-11(17)8-13(12)16/h6-10H,3-5H2,1-2H3,(H,18,19)(H,20,21). The number of nitrogens with one attached hydrogen (secondary N) is 1. The largest absolute Gasteiger partial charge is 0.481 e. The molecule has 0 fully saturated rings. The van der Waals surface area contributed by atoms with Crippen LogP contribution in [0.5, 0.6) is 0 Å². The molecule has 0 bridgehead atoms. The molecule has 0 aromatic heterocycles. The van der Waals surface area contributed by atoms with Crippen molar-refractivity contribution in [3.63, 3.8) is 0 Å². The topological polar surface area (TPSA) is 66.4 Å². The van der Waals surface area contributed by atoms with Gasteiger partial charge >= 0.3 is 5.97 Å². The smallest absolute Gasteiger partial charge is 0.306 e. The molecule has 21 heavy (non-hydrogen) atoms. The Morgan fingerprint density at radius 1 is 1.33 bits per heavy atom. The van der Waals surface area contributed by atoms with E-state index in [-0.39, 0.29) is 17.9 Å². The van der Waals surface area contributed by atoms with E-state index in [9.17, 15) is 14.0 Å². The zero-order valence-corrected chi connectivity index (χ0v) is 13.6. The van der Waals surface area contributed by atoms with E-state index in [2.05, 4.69) is 21.2 Å². The predicted octanol–water partition coefficient (Wildman–Crippen LogP) is 3.60. The minimum Gasteiger partial charge on any atom is -0.481 e. The van der Waals surface area contributed by atoms with Gasteiger partial charge in [0.05, 0.1) is 11.5 Å². The zero-order valence-electron chi connectivity index (χ0n) is 12.0. The quantitative estimate of drug-likeness (QED) is 0.781. The van der Waals surface area contributed by atoms with Gasteiger partial charge in [-0.05, 0) is 53.9 Å². The first-order valence-corrected chi connectivity index (χ1v) is 7.59. The summed E-state index contributed by atoms with van der Waals surface area (Å²) in [6.07, 6.45) is 2.00. The van der Waals surface area contributed by atoms with Crippen LogP contribution in [-0.2, 0) is 4.79 Å². The van der Waals surface area contributed by atoms with Crippen LogP contribution in [0.3, 0.4) is 0 Å². The fourth-order valence-corrected chi connectivity index (χ4v) is 2.43. The zero-order chi connectivity index (χ0) is 16.0. The molecule has 0 aliphatic carbocycles. The Bertz CT molecular complexity index is 522. The summed E-state index contributed by atoms with van der Waals surface area (Å²) < 4.78 is 13.4. The maximum Gasteiger partial charge on any atom is 0.306 e. The summed E-state index contributed by atoms with van der Waals surface area (Å²) >= 11 is 3.16. The molecule has 0 saturated carbocycles. The van der Waals surface area contributed by atoms with Gasteiger partial charge in [0.2, 0.25) is 0 Å². The van der Waals surface area contributed by atoms with Crippen LogP contribution in [-0.4, -0.2) is 23.0 Å². The van der Waals surface area contributed by atoms with Crippen molar-refractivity contribution in [2.75, 3.05) is 0 Å². The number of carbonyl (C=O) groups excluding carboxylic acids is 1. The van der Waals surface area contributed by atoms with E-state index in [1.54, 1.807) is 6.92 Å². The van der Waals surface area contributed by atoms with Gasteiger partial charge in [0.25, 0.3) is 5.91 Å². The molecule has 116 valence electrons. The Labute approximate surface area is 131 Å². The molecule has 4 nitrogen and oxygen atoms in total. The number of carboxylic acid groups (broad SMARTS) is 1. The van der Waals surface area contributed by atoms with Crippen LogP contribution >= 0.6 is 15.9 Å². The van der Waals surface area contributed by atoms with Crippen LogP contribution in [0.15, 0.2) is 22.7 Å². The third-order valence-corrected chi connectivity index (χ3v) is 3.91. The molecule has 1 aromatic rings. The molecular weight excluding hydrogens is 341 g/mol. The highest BCUT2D eigenvalue weighted by Gasteiger charge is 2.15. The first-order valence-electron chi connectivity index (χ1n) is 6.80. The number of hydrogen-bond donors (Lipinski definition) is 2. The summed E-state index contributed by atoms with van der Waals surface area (Å²) in [6.45, 7) is 3.53. The van der Waals surface area contributed by atoms with Crippen LogP contribution < -0.4 is 5.32 Å². The molecule has 0 heterocycles. The van der Waals surface area contributed by atoms with E-state index >= 15 is 0 Å². The normalized spacial score (nSPS) is 13.5. The van der Waals surface area contributed by atoms with Crippen molar-refractivity contribution in [2.45, 2.75) is 39.2 Å². The van der Waals surface area contributed by atoms with E-state index in [4.69, 9.17) is 5.11 Å². The Morgan fingerprint density at radius 2 is 2.00 bits per heavy atom. The molecule has 6 heteroatoms. The second-order valence-corrected chi connectivity index (χ2v) is 6.02. The van der Waals surface area contributed by atoms with Gasteiger partial charge in [-0.2, -0.15) is 0 Å². The van der Waals surface area contributed by atoms with E-state index in [1.807, 2.05) is 6.92 Å². The third-order valence-electron chi connectivity index (χ3n) is 3.25. The third kappa shape index (κ3) is 5.83. The van der Waals surface area contributed by atoms with E-state index in [0.717, 1.165) is 6.42 Å². The molecule has 2 N–H and O–H groups in total. The van der Waals surface area contributed by atoms with Crippen molar-refractivity contribution >= 4 is 27.8 Å². The number of hydrogen-bond acceptors (Lipinski definition) is 2. The molecule has 0 spiro atoms. The van der Waals surface area contributed by atoms with Gasteiger partial charge in [0.15, 0.2) is 0 Å². The summed E-state index contributed by atoms with van der Waals surface area (Å²) in [7, 11) is 0. The highest BCUT2D eigenvalue weighted by molar-refractivity contribution is 9.10. The fourth-order valence-electron chi connectivity index (χ4n) is 1.90. The van der Waals surface area contributed by atoms with Gasteiger partial charge in [-0.3, -0.25) is 9.59 Å². The van der Waals surface area contributed by atoms with Gasteiger partial charge in [0.1, 0.15) is 5.82 Å². The summed E-state index contributed by atoms with van der Waals surface area (Å²) in [4.78, 5) is 22.7. The Morgan fingerprint density at radius 3 is 2.57 bits per heavy atom. The van der Waals surface area contributed by atoms with Crippen molar-refractivity contribution in [3.8, 4) is 0 Å². The van der Waals surface area contributed by atoms with E-state index in [0.29, 0.717) is 22.9 Å². The maximum absolute atomic E-state index is 13.0. The lowest BCUT2D eigenvalue weighted by molar-refractivity contribution is -0.141. The van der Waals surface area contributed by atoms with Crippen LogP contribution in [0.25, 0.3) is 0 Å². The summed E-state index contributed by atoms with van der Waals surface area (Å²) in [5.41, 5.74) is 0.377. The van der Waals surface area contributed by atoms with Gasteiger partial charge in [-0.25, -0.2) is 4.39 Å². The number of halogens is 2. The van der Waals surface area contributed by atoms with Gasteiger partial charge < -0.3 is 10.4 Å². The van der Waals surface area contributed by atoms with Crippen LogP contribution in [0.4, 0.5) is 4.39 Å². The second kappa shape index (κ2) is 8.12. The minimum atomic E-state index is -0.804. The van der Waals surface area contributed by atoms with Crippen molar-refractivity contribution < 1.29 is 19.1 Å². The molecule has 0 saturated heterocycles. The van der Waals surface area contributed by atoms with Gasteiger partial charge in [-0.1, -0.05) is 13.3 Å². The summed E-state index contributed by atoms with van der Waals surface area (Å²) in [5, 5.41) is 11.6. The molecule has 0 aliphatic rings. The van der Waals surface area contributed by atoms with E-state index in [1.165, 1.54) is 18.2 Å². The van der Waals surface area contributed by atoms with Gasteiger partial charge in [-0.15, -0.1) is 0 Å². The predicted molar refractivity (Wildman–Crippen MR) is 81.7 cm³/mol. The number of carboxylic acids is 1. The van der Waals surface area contributed by atoms with Crippen molar-refractivity contribution in [1.82, 2.24) is 5.32 Å². The van der Waals surface area contributed by atoms with E-state index < -0.39 is 11.8 Å². The highest BCUT2D eigenvalue weighted by Crippen LogP contribution is 2.18. The average Bonchev–Trinajstić information content (AvgIpc) is 2.37. The lowest BCUT2D eigenvalue weighted by atomic mass is 10.0. The molecule has 0 aliphatic heterocycles. The number of amides is 1. The Hall–Kier alpha value is -1.43. The first kappa shape index (κ1) is 17.6. The Balaban J connectivity index is 2.45. The van der Waals surface area contributed by atoms with Crippen LogP contribution in [0.1, 0.15) is 43.5 Å². The SMILES string of the molecule is CC(CCCC(C)C(=O)O)NC(=O)c1ccc(F)cc1Br. The van der Waals surface area contributed by atoms with Crippen molar-refractivity contribution in [1.29, 1.82) is 0 Å². The summed E-state index contributed by atoms with van der Waals surface area (Å²) in [6, 6.07) is 3.83. The number of benzene rings is 1. The number of rotatable bonds is 7. The number of aliphatic carboxylic acids is 1. The highest BCUT2D eigenvalue weighted by atomic mass is 79.9. The van der Waals surface area contributed by atoms with Crippen molar-refractivity contribution in [3.05, 3.63) is 34.1 Å². The molecule has 2 atom stereocenters. The first-order chi connectivity index (χ1) is 9.81. The minimum absolute atomic E-state index is 0.0737. The maximum atomic E-state index is 13.0. The fraction of sp³-hybridized carbons (Fsp3) is 0.467. The molecule has 1 aromatic carbocycles. The lowest BCUT2D eigenvalue weighted by Crippen LogP contribution is -2.32. The van der Waals surface area contributed by atoms with Crippen LogP contribution in [0, 0.1) is 11.7 Å². The lowest BCUT2D eigenvalue weighted by Gasteiger charge is -2.15. The van der Waals surface area contributed by atoms with Crippen LogP contribution in [0.2, 0.25) is 0 Å². The second-order valence-electron chi connectivity index (χ2n) is 5.17. The molecule has 1 rings (SSSR count). The van der Waals surface area contributed by atoms with Crippen molar-refractivity contribution in [2.24, 2.45) is 5.92 Å². The summed E-state index contributed by atoms with van der Waals surface area (Å²) in [5.74, 6) is -1.86. The van der Waals surface area contributed by atoms with Gasteiger partial charge in [0, 0.05) is 10.5 Å². The molecular formula is C15H19BrFNO3. The average molecular weight is 360 g/mol. The number of carbonyl (C=O) groups is 2. The Kier molecular flexibility index (Phi) is 6.81. The molecule has 0 radical (unpaired) electrons. The molecule has 1 amide bonds.